The highest BCUT2D eigenvalue weighted by Gasteiger charge is 2.51. The summed E-state index contributed by atoms with van der Waals surface area (Å²) in [6.07, 6.45) is 10.2. The molecule has 4 N–H and O–H groups in total. The zero-order valence-electron chi connectivity index (χ0n) is 12.3. The van der Waals surface area contributed by atoms with Crippen molar-refractivity contribution in [2.75, 3.05) is 13.1 Å². The van der Waals surface area contributed by atoms with Gasteiger partial charge in [0.2, 0.25) is 0 Å². The molecular weight excluding hydrogens is 250 g/mol. The molecule has 0 aromatic carbocycles. The lowest BCUT2D eigenvalue weighted by Gasteiger charge is -2.56. The summed E-state index contributed by atoms with van der Waals surface area (Å²) in [4.78, 5) is 12.3. The number of hydrogen-bond acceptors (Lipinski definition) is 2. The first-order valence-electron chi connectivity index (χ1n) is 8.37. The number of rotatable bonds is 4. The Morgan fingerprint density at radius 2 is 1.60 bits per heavy atom. The van der Waals surface area contributed by atoms with Gasteiger partial charge in [-0.15, -0.1) is 0 Å². The molecule has 0 atom stereocenters. The van der Waals surface area contributed by atoms with Gasteiger partial charge in [0.1, 0.15) is 0 Å². The monoisotopic (exact) mass is 277 g/mol. The Hall–Kier alpha value is -0.770. The summed E-state index contributed by atoms with van der Waals surface area (Å²) in [5.41, 5.74) is 6.12. The van der Waals surface area contributed by atoms with Crippen LogP contribution >= 0.6 is 0 Å². The first-order chi connectivity index (χ1) is 9.60. The molecule has 0 saturated heterocycles. The molecule has 0 unspecified atom stereocenters. The molecule has 112 valence electrons. The highest BCUT2D eigenvalue weighted by Crippen LogP contribution is 2.55. The molecule has 5 rings (SSSR count). The van der Waals surface area contributed by atoms with Crippen LogP contribution in [0.5, 0.6) is 0 Å². The van der Waals surface area contributed by atoms with Crippen LogP contribution in [0, 0.1) is 23.2 Å². The molecule has 4 heteroatoms. The number of urea groups is 1. The maximum Gasteiger partial charge on any atom is 0.315 e. The van der Waals surface area contributed by atoms with Crippen molar-refractivity contribution in [2.24, 2.45) is 28.9 Å². The average Bonchev–Trinajstić information content (AvgIpc) is 3.15. The standard InChI is InChI=1S/C16H27N3O/c17-9-15(1-2-15)10-18-14(20)19-16-6-11-3-12(7-16)5-13(4-11)8-16/h11-13H,1-10,17H2,(H2,18,19,20). The van der Waals surface area contributed by atoms with E-state index >= 15 is 0 Å². The normalized spacial score (nSPS) is 43.4. The second-order valence-corrected chi connectivity index (χ2v) is 8.21. The van der Waals surface area contributed by atoms with E-state index in [0.717, 1.165) is 24.3 Å². The summed E-state index contributed by atoms with van der Waals surface area (Å²) in [5, 5.41) is 6.44. The van der Waals surface area contributed by atoms with Crippen molar-refractivity contribution in [2.45, 2.75) is 56.9 Å². The lowest BCUT2D eigenvalue weighted by Crippen LogP contribution is -2.61. The van der Waals surface area contributed by atoms with Gasteiger partial charge in [0, 0.05) is 17.5 Å². The van der Waals surface area contributed by atoms with Crippen molar-refractivity contribution in [1.82, 2.24) is 10.6 Å². The molecule has 4 bridgehead atoms. The summed E-state index contributed by atoms with van der Waals surface area (Å²) in [5.74, 6) is 2.63. The van der Waals surface area contributed by atoms with Crippen molar-refractivity contribution in [3.8, 4) is 0 Å². The highest BCUT2D eigenvalue weighted by atomic mass is 16.2. The fourth-order valence-electron chi connectivity index (χ4n) is 5.45. The van der Waals surface area contributed by atoms with E-state index in [2.05, 4.69) is 10.6 Å². The fourth-order valence-corrected chi connectivity index (χ4v) is 5.45. The molecule has 0 aromatic rings. The van der Waals surface area contributed by atoms with Crippen molar-refractivity contribution in [3.63, 3.8) is 0 Å². The number of carbonyl (C=O) groups is 1. The van der Waals surface area contributed by atoms with E-state index < -0.39 is 0 Å². The molecule has 5 aliphatic carbocycles. The largest absolute Gasteiger partial charge is 0.338 e. The van der Waals surface area contributed by atoms with Crippen molar-refractivity contribution in [3.05, 3.63) is 0 Å². The Morgan fingerprint density at radius 1 is 1.05 bits per heavy atom. The quantitative estimate of drug-likeness (QED) is 0.735. The van der Waals surface area contributed by atoms with Crippen LogP contribution < -0.4 is 16.4 Å². The molecule has 5 fully saturated rings. The van der Waals surface area contributed by atoms with Gasteiger partial charge in [-0.2, -0.15) is 0 Å². The van der Waals surface area contributed by atoms with Gasteiger partial charge < -0.3 is 16.4 Å². The third-order valence-corrected chi connectivity index (χ3v) is 6.43. The number of carbonyl (C=O) groups excluding carboxylic acids is 1. The molecule has 0 heterocycles. The van der Waals surface area contributed by atoms with Gasteiger partial charge in [-0.05, 0) is 75.7 Å². The van der Waals surface area contributed by atoms with Gasteiger partial charge in [0.05, 0.1) is 0 Å². The van der Waals surface area contributed by atoms with Gasteiger partial charge in [0.15, 0.2) is 0 Å². The Bertz CT molecular complexity index is 381. The van der Waals surface area contributed by atoms with Crippen LogP contribution in [-0.2, 0) is 0 Å². The second-order valence-electron chi connectivity index (χ2n) is 8.21. The number of hydrogen-bond donors (Lipinski definition) is 3. The van der Waals surface area contributed by atoms with E-state index in [-0.39, 0.29) is 17.0 Å². The van der Waals surface area contributed by atoms with Crippen LogP contribution in [0.15, 0.2) is 0 Å². The SMILES string of the molecule is NCC1(CNC(=O)NC23CC4CC(CC(C4)C2)C3)CC1. The van der Waals surface area contributed by atoms with E-state index in [1.54, 1.807) is 0 Å². The molecule has 20 heavy (non-hydrogen) atoms. The van der Waals surface area contributed by atoms with E-state index in [4.69, 9.17) is 5.73 Å². The number of amides is 2. The lowest BCUT2D eigenvalue weighted by molar-refractivity contribution is -0.0135. The lowest BCUT2D eigenvalue weighted by atomic mass is 9.53. The maximum absolute atomic E-state index is 12.3. The zero-order chi connectivity index (χ0) is 13.8. The Labute approximate surface area is 121 Å². The molecule has 0 aliphatic heterocycles. The van der Waals surface area contributed by atoms with Gasteiger partial charge in [-0.1, -0.05) is 0 Å². The smallest absolute Gasteiger partial charge is 0.315 e. The van der Waals surface area contributed by atoms with Gasteiger partial charge >= 0.3 is 6.03 Å². The molecule has 5 aliphatic rings. The predicted molar refractivity (Wildman–Crippen MR) is 78.2 cm³/mol. The molecule has 5 saturated carbocycles. The molecule has 4 nitrogen and oxygen atoms in total. The summed E-state index contributed by atoms with van der Waals surface area (Å²) in [6, 6.07) is 0.0478. The number of nitrogens with two attached hydrogens (primary N) is 1. The zero-order valence-corrected chi connectivity index (χ0v) is 12.3. The van der Waals surface area contributed by atoms with Crippen LogP contribution in [0.4, 0.5) is 4.79 Å². The Morgan fingerprint density at radius 3 is 2.05 bits per heavy atom. The van der Waals surface area contributed by atoms with E-state index in [0.29, 0.717) is 6.54 Å². The first-order valence-corrected chi connectivity index (χ1v) is 8.37. The van der Waals surface area contributed by atoms with Crippen LogP contribution in [0.2, 0.25) is 0 Å². The highest BCUT2D eigenvalue weighted by molar-refractivity contribution is 5.75. The first kappa shape index (κ1) is 12.9. The van der Waals surface area contributed by atoms with E-state index in [1.807, 2.05) is 0 Å². The minimum absolute atomic E-state index is 0.0478. The topological polar surface area (TPSA) is 67.1 Å². The summed E-state index contributed by atoms with van der Waals surface area (Å²) >= 11 is 0. The van der Waals surface area contributed by atoms with Gasteiger partial charge in [0.25, 0.3) is 0 Å². The van der Waals surface area contributed by atoms with Crippen molar-refractivity contribution >= 4 is 6.03 Å². The van der Waals surface area contributed by atoms with Crippen LogP contribution in [0.1, 0.15) is 51.4 Å². The van der Waals surface area contributed by atoms with E-state index in [1.165, 1.54) is 51.4 Å². The van der Waals surface area contributed by atoms with Crippen LogP contribution in [0.25, 0.3) is 0 Å². The summed E-state index contributed by atoms with van der Waals surface area (Å²) < 4.78 is 0. The second kappa shape index (κ2) is 4.36. The average molecular weight is 277 g/mol. The summed E-state index contributed by atoms with van der Waals surface area (Å²) in [6.45, 7) is 1.45. The Balaban J connectivity index is 1.35. The predicted octanol–water partition coefficient (Wildman–Crippen LogP) is 1.99. The minimum atomic E-state index is 0.0478. The third-order valence-electron chi connectivity index (χ3n) is 6.43. The number of nitrogens with one attached hydrogen (secondary N) is 2. The van der Waals surface area contributed by atoms with E-state index in [9.17, 15) is 4.79 Å². The molecule has 0 aromatic heterocycles. The molecule has 0 radical (unpaired) electrons. The Kier molecular flexibility index (Phi) is 2.82. The fraction of sp³-hybridized carbons (Fsp3) is 0.938. The van der Waals surface area contributed by atoms with Gasteiger partial charge in [-0.3, -0.25) is 0 Å². The van der Waals surface area contributed by atoms with Crippen LogP contribution in [-0.4, -0.2) is 24.7 Å². The summed E-state index contributed by atoms with van der Waals surface area (Å²) in [7, 11) is 0. The minimum Gasteiger partial charge on any atom is -0.338 e. The molecular formula is C16H27N3O. The molecule has 2 amide bonds. The van der Waals surface area contributed by atoms with Crippen LogP contribution in [0.3, 0.4) is 0 Å². The molecule has 0 spiro atoms. The van der Waals surface area contributed by atoms with Gasteiger partial charge in [-0.25, -0.2) is 4.79 Å². The third kappa shape index (κ3) is 2.22. The van der Waals surface area contributed by atoms with Crippen molar-refractivity contribution in [1.29, 1.82) is 0 Å². The van der Waals surface area contributed by atoms with Crippen molar-refractivity contribution < 1.29 is 4.79 Å². The maximum atomic E-state index is 12.3.